The molecule has 0 saturated carbocycles. The quantitative estimate of drug-likeness (QED) is 0.412. The maximum Gasteiger partial charge on any atom is 0.339 e. The summed E-state index contributed by atoms with van der Waals surface area (Å²) in [5.74, 6) is 0.0839. The van der Waals surface area contributed by atoms with Gasteiger partial charge in [0.05, 0.1) is 37.3 Å². The second kappa shape index (κ2) is 10.7. The molecule has 10 nitrogen and oxygen atoms in total. The number of nitrogens with zero attached hydrogens (tertiary/aromatic N) is 1. The summed E-state index contributed by atoms with van der Waals surface area (Å²) in [6.45, 7) is -0.606. The lowest BCUT2D eigenvalue weighted by Gasteiger charge is -2.23. The third-order valence-corrected chi connectivity index (χ3v) is 7.15. The Kier molecular flexibility index (Phi) is 7.92. The number of ether oxygens (including phenoxy) is 3. The number of sulfonamides is 1. The van der Waals surface area contributed by atoms with Crippen molar-refractivity contribution in [2.45, 2.75) is 17.9 Å². The third-order valence-electron chi connectivity index (χ3n) is 5.25. The molecule has 0 atom stereocenters. The Morgan fingerprint density at radius 2 is 1.74 bits per heavy atom. The molecule has 1 aromatic heterocycles. The number of aliphatic hydroxyl groups excluding tert-OH is 1. The lowest BCUT2D eigenvalue weighted by atomic mass is 10.1. The minimum absolute atomic E-state index is 0.0717. The molecule has 11 heteroatoms. The maximum absolute atomic E-state index is 13.5. The standard InChI is InChI=1S/C23H26N2O8S/c1-31-19-12-15-11-16(22(27)24-18(15)13-20(19)32-2)14-25(9-6-10-26)34(29,30)21-8-5-4-7-17(21)23(28)33-3/h4-5,7-8,11-13,26H,6,9-10,14H2,1-3H3,(H,24,27). The van der Waals surface area contributed by atoms with Crippen LogP contribution < -0.4 is 15.0 Å². The van der Waals surface area contributed by atoms with Crippen LogP contribution in [0.2, 0.25) is 0 Å². The van der Waals surface area contributed by atoms with Gasteiger partial charge in [-0.25, -0.2) is 13.2 Å². The minimum atomic E-state index is -4.23. The van der Waals surface area contributed by atoms with Gasteiger partial charge in [0.25, 0.3) is 5.56 Å². The van der Waals surface area contributed by atoms with Gasteiger partial charge in [0.2, 0.25) is 10.0 Å². The number of carbonyl (C=O) groups excluding carboxylic acids is 1. The van der Waals surface area contributed by atoms with Crippen LogP contribution in [-0.2, 0) is 21.3 Å². The average Bonchev–Trinajstić information content (AvgIpc) is 2.85. The van der Waals surface area contributed by atoms with Gasteiger partial charge in [-0.15, -0.1) is 0 Å². The van der Waals surface area contributed by atoms with E-state index in [2.05, 4.69) is 4.98 Å². The molecule has 0 aliphatic rings. The van der Waals surface area contributed by atoms with Crippen LogP contribution >= 0.6 is 0 Å². The van der Waals surface area contributed by atoms with Crippen molar-refractivity contribution in [1.29, 1.82) is 0 Å². The van der Waals surface area contributed by atoms with Gasteiger partial charge in [-0.05, 0) is 30.7 Å². The third kappa shape index (κ3) is 5.06. The molecular formula is C23H26N2O8S. The summed E-state index contributed by atoms with van der Waals surface area (Å²) in [5.41, 5.74) is 0.0670. The van der Waals surface area contributed by atoms with E-state index in [0.29, 0.717) is 22.4 Å². The van der Waals surface area contributed by atoms with Crippen molar-refractivity contribution in [3.05, 3.63) is 63.9 Å². The predicted octanol–water partition coefficient (Wildman–Crippen LogP) is 1.91. The van der Waals surface area contributed by atoms with E-state index in [4.69, 9.17) is 14.2 Å². The first-order valence-corrected chi connectivity index (χ1v) is 11.8. The first-order chi connectivity index (χ1) is 16.3. The number of hydrogen-bond acceptors (Lipinski definition) is 8. The summed E-state index contributed by atoms with van der Waals surface area (Å²) < 4.78 is 43.4. The highest BCUT2D eigenvalue weighted by atomic mass is 32.2. The van der Waals surface area contributed by atoms with Crippen LogP contribution in [0.15, 0.2) is 52.2 Å². The van der Waals surface area contributed by atoms with Gasteiger partial charge in [0.15, 0.2) is 11.5 Å². The number of H-pyrrole nitrogens is 1. The van der Waals surface area contributed by atoms with E-state index >= 15 is 0 Å². The smallest absolute Gasteiger partial charge is 0.339 e. The maximum atomic E-state index is 13.5. The van der Waals surface area contributed by atoms with Crippen molar-refractivity contribution in [2.24, 2.45) is 0 Å². The van der Waals surface area contributed by atoms with Gasteiger partial charge in [0.1, 0.15) is 0 Å². The van der Waals surface area contributed by atoms with E-state index in [0.717, 1.165) is 11.4 Å². The minimum Gasteiger partial charge on any atom is -0.493 e. The molecule has 1 heterocycles. The number of pyridine rings is 1. The largest absolute Gasteiger partial charge is 0.493 e. The summed E-state index contributed by atoms with van der Waals surface area (Å²) in [6, 6.07) is 10.5. The van der Waals surface area contributed by atoms with Crippen LogP contribution in [0.1, 0.15) is 22.3 Å². The molecule has 0 fully saturated rings. The zero-order valence-corrected chi connectivity index (χ0v) is 19.8. The lowest BCUT2D eigenvalue weighted by molar-refractivity contribution is 0.0596. The molecule has 34 heavy (non-hydrogen) atoms. The number of benzene rings is 2. The number of aromatic amines is 1. The van der Waals surface area contributed by atoms with Crippen molar-refractivity contribution in [1.82, 2.24) is 9.29 Å². The van der Waals surface area contributed by atoms with Gasteiger partial charge in [-0.1, -0.05) is 12.1 Å². The lowest BCUT2D eigenvalue weighted by Crippen LogP contribution is -2.35. The molecular weight excluding hydrogens is 464 g/mol. The average molecular weight is 491 g/mol. The summed E-state index contributed by atoms with van der Waals surface area (Å²) in [5, 5.41) is 9.92. The number of aliphatic hydroxyl groups is 1. The number of nitrogens with one attached hydrogen (secondary N) is 1. The molecule has 2 N–H and O–H groups in total. The summed E-state index contributed by atoms with van der Waals surface area (Å²) in [6.07, 6.45) is 0.135. The van der Waals surface area contributed by atoms with Crippen molar-refractivity contribution in [2.75, 3.05) is 34.5 Å². The fourth-order valence-electron chi connectivity index (χ4n) is 3.53. The molecule has 0 spiro atoms. The van der Waals surface area contributed by atoms with E-state index in [1.54, 1.807) is 18.2 Å². The highest BCUT2D eigenvalue weighted by Gasteiger charge is 2.30. The Hall–Kier alpha value is -3.41. The van der Waals surface area contributed by atoms with Gasteiger partial charge < -0.3 is 24.3 Å². The number of carbonyl (C=O) groups is 1. The number of esters is 1. The van der Waals surface area contributed by atoms with E-state index in [-0.39, 0.29) is 42.1 Å². The molecule has 0 saturated heterocycles. The van der Waals surface area contributed by atoms with Gasteiger partial charge in [0, 0.05) is 36.7 Å². The Bertz CT molecular complexity index is 1350. The van der Waals surface area contributed by atoms with Crippen LogP contribution in [-0.4, -0.2) is 63.3 Å². The Morgan fingerprint density at radius 3 is 2.38 bits per heavy atom. The van der Waals surface area contributed by atoms with Crippen LogP contribution in [0.3, 0.4) is 0 Å². The van der Waals surface area contributed by atoms with Crippen LogP contribution in [0.4, 0.5) is 0 Å². The van der Waals surface area contributed by atoms with Crippen LogP contribution in [0, 0.1) is 0 Å². The normalized spacial score (nSPS) is 11.6. The fourth-order valence-corrected chi connectivity index (χ4v) is 5.16. The summed E-state index contributed by atoms with van der Waals surface area (Å²) in [4.78, 5) is 27.5. The number of rotatable bonds is 10. The Balaban J connectivity index is 2.09. The molecule has 0 bridgehead atoms. The Labute approximate surface area is 196 Å². The molecule has 3 rings (SSSR count). The number of hydrogen-bond donors (Lipinski definition) is 2. The Morgan fingerprint density at radius 1 is 1.06 bits per heavy atom. The van der Waals surface area contributed by atoms with Gasteiger partial charge >= 0.3 is 5.97 Å². The highest BCUT2D eigenvalue weighted by molar-refractivity contribution is 7.89. The molecule has 182 valence electrons. The van der Waals surface area contributed by atoms with E-state index in [1.807, 2.05) is 0 Å². The van der Waals surface area contributed by atoms with Crippen molar-refractivity contribution in [3.63, 3.8) is 0 Å². The predicted molar refractivity (Wildman–Crippen MR) is 125 cm³/mol. The summed E-state index contributed by atoms with van der Waals surface area (Å²) >= 11 is 0. The number of fused-ring (bicyclic) bond motifs is 1. The summed E-state index contributed by atoms with van der Waals surface area (Å²) in [7, 11) is -0.104. The first kappa shape index (κ1) is 25.2. The zero-order valence-electron chi connectivity index (χ0n) is 19.0. The number of methoxy groups -OCH3 is 3. The van der Waals surface area contributed by atoms with E-state index in [1.165, 1.54) is 38.5 Å². The van der Waals surface area contributed by atoms with E-state index < -0.39 is 21.6 Å². The first-order valence-electron chi connectivity index (χ1n) is 10.3. The monoisotopic (exact) mass is 490 g/mol. The van der Waals surface area contributed by atoms with Crippen LogP contribution in [0.25, 0.3) is 10.9 Å². The molecule has 0 aliphatic carbocycles. The SMILES string of the molecule is COC(=O)c1ccccc1S(=O)(=O)N(CCCO)Cc1cc2cc(OC)c(OC)cc2[nH]c1=O. The zero-order chi connectivity index (χ0) is 24.9. The van der Waals surface area contributed by atoms with E-state index in [9.17, 15) is 23.1 Å². The molecule has 3 aromatic rings. The fraction of sp³-hybridized carbons (Fsp3) is 0.304. The van der Waals surface area contributed by atoms with Crippen LogP contribution in [0.5, 0.6) is 11.5 Å². The topological polar surface area (TPSA) is 135 Å². The van der Waals surface area contributed by atoms with Crippen molar-refractivity contribution in [3.8, 4) is 11.5 Å². The molecule has 0 unspecified atom stereocenters. The van der Waals surface area contributed by atoms with Gasteiger partial charge in [-0.2, -0.15) is 4.31 Å². The molecule has 0 amide bonds. The van der Waals surface area contributed by atoms with Crippen molar-refractivity contribution < 1.29 is 32.5 Å². The van der Waals surface area contributed by atoms with Crippen molar-refractivity contribution >= 4 is 26.9 Å². The highest BCUT2D eigenvalue weighted by Crippen LogP contribution is 2.31. The number of aromatic nitrogens is 1. The van der Waals surface area contributed by atoms with Gasteiger partial charge in [-0.3, -0.25) is 4.79 Å². The molecule has 2 aromatic carbocycles. The second-order valence-electron chi connectivity index (χ2n) is 7.32. The second-order valence-corrected chi connectivity index (χ2v) is 9.23. The molecule has 0 aliphatic heterocycles. The molecule has 0 radical (unpaired) electrons.